The highest BCUT2D eigenvalue weighted by molar-refractivity contribution is 7.80. The molecule has 184 valence electrons. The minimum atomic E-state index is -0.352. The highest BCUT2D eigenvalue weighted by Crippen LogP contribution is 2.31. The molecular weight excluding hydrogens is 505 g/mol. The molecule has 1 saturated heterocycles. The van der Waals surface area contributed by atoms with Crippen LogP contribution in [-0.4, -0.2) is 53.7 Å². The number of nitrogens with one attached hydrogen (secondary N) is 1. The number of thiocarbonyl (C=S) groups is 1. The molecule has 0 spiro atoms. The second kappa shape index (κ2) is 11.9. The molecule has 2 heterocycles. The molecule has 1 aliphatic heterocycles. The molecule has 4 rings (SSSR count). The summed E-state index contributed by atoms with van der Waals surface area (Å²) in [6.45, 7) is 5.84. The van der Waals surface area contributed by atoms with Crippen LogP contribution in [0.4, 0.5) is 9.39 Å². The monoisotopic (exact) mass is 531 g/mol. The Balaban J connectivity index is 1.39. The van der Waals surface area contributed by atoms with Crippen LogP contribution in [0.3, 0.4) is 0 Å². The van der Waals surface area contributed by atoms with E-state index in [0.717, 1.165) is 43.0 Å². The van der Waals surface area contributed by atoms with Gasteiger partial charge in [-0.25, -0.2) is 9.18 Å². The second-order valence-electron chi connectivity index (χ2n) is 8.27. The number of piperazine rings is 1. The van der Waals surface area contributed by atoms with Crippen LogP contribution >= 0.6 is 35.2 Å². The van der Waals surface area contributed by atoms with Gasteiger partial charge in [-0.05, 0) is 48.5 Å². The number of carbonyl (C=O) groups is 1. The van der Waals surface area contributed by atoms with E-state index in [2.05, 4.69) is 27.2 Å². The Kier molecular flexibility index (Phi) is 8.73. The van der Waals surface area contributed by atoms with Crippen LogP contribution in [0.1, 0.15) is 33.3 Å². The molecular formula is C26H27ClFN3O2S2. The van der Waals surface area contributed by atoms with Gasteiger partial charge in [0.1, 0.15) is 10.8 Å². The van der Waals surface area contributed by atoms with Crippen LogP contribution < -0.4 is 5.32 Å². The molecule has 0 unspecified atom stereocenters. The summed E-state index contributed by atoms with van der Waals surface area (Å²) < 4.78 is 18.6. The van der Waals surface area contributed by atoms with Gasteiger partial charge in [-0.1, -0.05) is 48.0 Å². The largest absolute Gasteiger partial charge is 0.462 e. The van der Waals surface area contributed by atoms with Gasteiger partial charge < -0.3 is 15.0 Å². The normalized spacial score (nSPS) is 14.1. The topological polar surface area (TPSA) is 44.8 Å². The maximum absolute atomic E-state index is 13.3. The Morgan fingerprint density at radius 3 is 2.57 bits per heavy atom. The minimum absolute atomic E-state index is 0.312. The van der Waals surface area contributed by atoms with Gasteiger partial charge in [0.05, 0.1) is 12.2 Å². The smallest absolute Gasteiger partial charge is 0.341 e. The molecule has 9 heteroatoms. The third kappa shape index (κ3) is 6.79. The first kappa shape index (κ1) is 25.6. The molecule has 0 amide bonds. The Labute approximate surface area is 219 Å². The van der Waals surface area contributed by atoms with Crippen LogP contribution in [0.2, 0.25) is 5.02 Å². The zero-order valence-electron chi connectivity index (χ0n) is 19.4. The lowest BCUT2D eigenvalue weighted by molar-refractivity contribution is 0.0528. The van der Waals surface area contributed by atoms with Crippen molar-refractivity contribution in [1.29, 1.82) is 0 Å². The Hall–Kier alpha value is -2.52. The average molecular weight is 532 g/mol. The number of hydrogen-bond acceptors (Lipinski definition) is 5. The van der Waals surface area contributed by atoms with E-state index in [9.17, 15) is 9.18 Å². The van der Waals surface area contributed by atoms with Gasteiger partial charge in [0.25, 0.3) is 0 Å². The summed E-state index contributed by atoms with van der Waals surface area (Å²) >= 11 is 13.4. The van der Waals surface area contributed by atoms with E-state index in [4.69, 9.17) is 28.6 Å². The number of ether oxygens (including phenoxy) is 1. The van der Waals surface area contributed by atoms with Crippen molar-refractivity contribution in [2.45, 2.75) is 19.9 Å². The predicted molar refractivity (Wildman–Crippen MR) is 144 cm³/mol. The Morgan fingerprint density at radius 1 is 1.14 bits per heavy atom. The van der Waals surface area contributed by atoms with Crippen LogP contribution in [0.5, 0.6) is 0 Å². The minimum Gasteiger partial charge on any atom is -0.462 e. The highest BCUT2D eigenvalue weighted by Gasteiger charge is 2.23. The van der Waals surface area contributed by atoms with Gasteiger partial charge in [0.2, 0.25) is 0 Å². The number of nitrogens with zero attached hydrogens (tertiary/aromatic N) is 2. The first-order valence-corrected chi connectivity index (χ1v) is 13.1. The molecule has 0 radical (unpaired) electrons. The molecule has 3 aromatic rings. The lowest BCUT2D eigenvalue weighted by Gasteiger charge is -2.36. The maximum atomic E-state index is 13.3. The van der Waals surface area contributed by atoms with Crippen molar-refractivity contribution in [3.05, 3.63) is 87.0 Å². The molecule has 0 atom stereocenters. The van der Waals surface area contributed by atoms with Crippen LogP contribution in [0.15, 0.2) is 54.6 Å². The van der Waals surface area contributed by atoms with E-state index in [1.807, 2.05) is 24.3 Å². The molecule has 1 aromatic heterocycles. The molecule has 0 aliphatic carbocycles. The summed E-state index contributed by atoms with van der Waals surface area (Å²) in [5.41, 5.74) is 2.59. The number of anilines is 1. The van der Waals surface area contributed by atoms with Crippen molar-refractivity contribution in [3.63, 3.8) is 0 Å². The van der Waals surface area contributed by atoms with E-state index in [-0.39, 0.29) is 11.8 Å². The summed E-state index contributed by atoms with van der Waals surface area (Å²) in [7, 11) is 0. The molecule has 0 saturated carbocycles. The van der Waals surface area contributed by atoms with E-state index in [1.165, 1.54) is 29.0 Å². The lowest BCUT2D eigenvalue weighted by Crippen LogP contribution is -2.49. The quantitative estimate of drug-likeness (QED) is 0.306. The number of halogens is 2. The van der Waals surface area contributed by atoms with Crippen LogP contribution in [0, 0.1) is 5.82 Å². The van der Waals surface area contributed by atoms with E-state index < -0.39 is 0 Å². The molecule has 0 bridgehead atoms. The Bertz CT molecular complexity index is 1180. The summed E-state index contributed by atoms with van der Waals surface area (Å²) in [6, 6.07) is 16.6. The summed E-state index contributed by atoms with van der Waals surface area (Å²) in [6.07, 6.45) is 0.733. The molecule has 5 nitrogen and oxygen atoms in total. The zero-order valence-corrected chi connectivity index (χ0v) is 21.8. The first-order valence-electron chi connectivity index (χ1n) is 11.5. The standard InChI is InChI=1S/C26H27ClFN3O2S2/c1-2-33-25(32)22-16-21(14-18-6-4-3-5-7-18)35-24(22)29-26(34)31-12-10-30(11-13-31)17-19-8-9-20(28)15-23(19)27/h3-9,15-16H,2,10-14,17H2,1H3,(H,29,34). The number of carbonyl (C=O) groups excluding carboxylic acids is 1. The van der Waals surface area contributed by atoms with Crippen molar-refractivity contribution in [3.8, 4) is 0 Å². The van der Waals surface area contributed by atoms with E-state index in [1.54, 1.807) is 13.0 Å². The Morgan fingerprint density at radius 2 is 1.89 bits per heavy atom. The van der Waals surface area contributed by atoms with Gasteiger partial charge in [0, 0.05) is 49.0 Å². The third-order valence-corrected chi connectivity index (χ3v) is 7.55. The molecule has 1 N–H and O–H groups in total. The van der Waals surface area contributed by atoms with Gasteiger partial charge in [0.15, 0.2) is 5.11 Å². The molecule has 2 aromatic carbocycles. The maximum Gasteiger partial charge on any atom is 0.341 e. The number of thiophene rings is 1. The average Bonchev–Trinajstić information content (AvgIpc) is 3.24. The molecule has 1 aliphatic rings. The van der Waals surface area contributed by atoms with Crippen molar-refractivity contribution in [2.75, 3.05) is 38.1 Å². The zero-order chi connectivity index (χ0) is 24.8. The van der Waals surface area contributed by atoms with Crippen molar-refractivity contribution in [2.24, 2.45) is 0 Å². The number of hydrogen-bond donors (Lipinski definition) is 1. The fraction of sp³-hybridized carbons (Fsp3) is 0.308. The van der Waals surface area contributed by atoms with Gasteiger partial charge in [-0.15, -0.1) is 11.3 Å². The van der Waals surface area contributed by atoms with Gasteiger partial charge >= 0.3 is 5.97 Å². The third-order valence-electron chi connectivity index (χ3n) is 5.79. The highest BCUT2D eigenvalue weighted by atomic mass is 35.5. The molecule has 35 heavy (non-hydrogen) atoms. The fourth-order valence-corrected chi connectivity index (χ4v) is 5.61. The van der Waals surface area contributed by atoms with Crippen molar-refractivity contribution >= 4 is 51.2 Å². The fourth-order valence-electron chi connectivity index (χ4n) is 3.96. The predicted octanol–water partition coefficient (Wildman–Crippen LogP) is 5.82. The molecule has 1 fully saturated rings. The summed E-state index contributed by atoms with van der Waals surface area (Å²) in [5.74, 6) is -0.683. The van der Waals surface area contributed by atoms with Crippen molar-refractivity contribution in [1.82, 2.24) is 9.80 Å². The number of rotatable bonds is 7. The summed E-state index contributed by atoms with van der Waals surface area (Å²) in [5, 5.41) is 5.04. The number of esters is 1. The summed E-state index contributed by atoms with van der Waals surface area (Å²) in [4.78, 5) is 18.0. The van der Waals surface area contributed by atoms with E-state index >= 15 is 0 Å². The number of benzene rings is 2. The first-order chi connectivity index (χ1) is 16.9. The van der Waals surface area contributed by atoms with Crippen molar-refractivity contribution < 1.29 is 13.9 Å². The second-order valence-corrected chi connectivity index (χ2v) is 10.2. The lowest BCUT2D eigenvalue weighted by atomic mass is 10.1. The SMILES string of the molecule is CCOC(=O)c1cc(Cc2ccccc2)sc1NC(=S)N1CCN(Cc2ccc(F)cc2Cl)CC1. The van der Waals surface area contributed by atoms with Crippen LogP contribution in [0.25, 0.3) is 0 Å². The van der Waals surface area contributed by atoms with Crippen LogP contribution in [-0.2, 0) is 17.7 Å². The van der Waals surface area contributed by atoms with E-state index in [0.29, 0.717) is 33.9 Å². The van der Waals surface area contributed by atoms with Gasteiger partial charge in [-0.3, -0.25) is 4.90 Å². The van der Waals surface area contributed by atoms with Gasteiger partial charge in [-0.2, -0.15) is 0 Å².